The minimum Gasteiger partial charge on any atom is -0.497 e. The Bertz CT molecular complexity index is 1510. The number of sulfone groups is 1. The van der Waals surface area contributed by atoms with Gasteiger partial charge in [0.25, 0.3) is 0 Å². The molecule has 33 heavy (non-hydrogen) atoms. The van der Waals surface area contributed by atoms with Crippen LogP contribution in [0.3, 0.4) is 0 Å². The van der Waals surface area contributed by atoms with E-state index in [0.717, 1.165) is 0 Å². The van der Waals surface area contributed by atoms with Crippen LogP contribution in [-0.2, 0) is 21.2 Å². The lowest BCUT2D eigenvalue weighted by molar-refractivity contribution is -0.116. The third-order valence-electron chi connectivity index (χ3n) is 5.04. The van der Waals surface area contributed by atoms with Crippen LogP contribution in [-0.4, -0.2) is 26.0 Å². The summed E-state index contributed by atoms with van der Waals surface area (Å²) in [6, 6.07) is 19.0. The third kappa shape index (κ3) is 4.62. The summed E-state index contributed by atoms with van der Waals surface area (Å²) < 4.78 is 33.1. The van der Waals surface area contributed by atoms with Crippen molar-refractivity contribution in [2.24, 2.45) is 0 Å². The number of benzene rings is 3. The Labute approximate surface area is 195 Å². The standard InChI is InChI=1S/C24H19ClN2O5S/c1-32-18-6-4-5-17(13-18)26-23(28)15-27-14-22(24(29)20-7-2-3-8-21(20)27)33(30,31)19-11-9-16(25)10-12-19/h2-14H,15H2,1H3,(H,26,28). The van der Waals surface area contributed by atoms with Gasteiger partial charge < -0.3 is 14.6 Å². The SMILES string of the molecule is COc1cccc(NC(=O)Cn2cc(S(=O)(=O)c3ccc(Cl)cc3)c(=O)c3ccccc32)c1. The fraction of sp³-hybridized carbons (Fsp3) is 0.0833. The van der Waals surface area contributed by atoms with Gasteiger partial charge in [0, 0.05) is 28.4 Å². The van der Waals surface area contributed by atoms with E-state index in [-0.39, 0.29) is 16.8 Å². The Hall–Kier alpha value is -3.62. The van der Waals surface area contributed by atoms with Crippen molar-refractivity contribution in [2.75, 3.05) is 12.4 Å². The van der Waals surface area contributed by atoms with Crippen LogP contribution in [0.1, 0.15) is 0 Å². The number of nitrogens with zero attached hydrogens (tertiary/aromatic N) is 1. The average Bonchev–Trinajstić information content (AvgIpc) is 2.81. The topological polar surface area (TPSA) is 94.5 Å². The minimum absolute atomic E-state index is 0.0633. The molecule has 1 N–H and O–H groups in total. The fourth-order valence-electron chi connectivity index (χ4n) is 3.44. The molecule has 4 rings (SSSR count). The van der Waals surface area contributed by atoms with Crippen molar-refractivity contribution >= 4 is 43.9 Å². The summed E-state index contributed by atoms with van der Waals surface area (Å²) in [5.41, 5.74) is 0.335. The molecule has 0 atom stereocenters. The van der Waals surface area contributed by atoms with Gasteiger partial charge in [-0.3, -0.25) is 9.59 Å². The largest absolute Gasteiger partial charge is 0.497 e. The summed E-state index contributed by atoms with van der Waals surface area (Å²) in [6.45, 7) is -0.207. The van der Waals surface area contributed by atoms with E-state index >= 15 is 0 Å². The number of pyridine rings is 1. The van der Waals surface area contributed by atoms with Crippen molar-refractivity contribution < 1.29 is 17.9 Å². The lowest BCUT2D eigenvalue weighted by Crippen LogP contribution is -2.23. The number of hydrogen-bond donors (Lipinski definition) is 1. The number of carbonyl (C=O) groups is 1. The first kappa shape index (κ1) is 22.6. The smallest absolute Gasteiger partial charge is 0.244 e. The molecule has 0 fully saturated rings. The molecule has 0 aliphatic carbocycles. The molecule has 7 nitrogen and oxygen atoms in total. The summed E-state index contributed by atoms with van der Waals surface area (Å²) in [6.07, 6.45) is 1.21. The number of aromatic nitrogens is 1. The van der Waals surface area contributed by atoms with E-state index in [1.165, 1.54) is 48.2 Å². The van der Waals surface area contributed by atoms with Gasteiger partial charge >= 0.3 is 0 Å². The van der Waals surface area contributed by atoms with Crippen molar-refractivity contribution in [3.63, 3.8) is 0 Å². The van der Waals surface area contributed by atoms with E-state index in [2.05, 4.69) is 5.32 Å². The van der Waals surface area contributed by atoms with Crippen LogP contribution < -0.4 is 15.5 Å². The van der Waals surface area contributed by atoms with Crippen molar-refractivity contribution in [1.29, 1.82) is 0 Å². The summed E-state index contributed by atoms with van der Waals surface area (Å²) in [4.78, 5) is 25.4. The minimum atomic E-state index is -4.14. The second-order valence-corrected chi connectivity index (χ2v) is 9.56. The molecule has 0 unspecified atom stereocenters. The Morgan fingerprint density at radius 3 is 2.48 bits per heavy atom. The van der Waals surface area contributed by atoms with Gasteiger partial charge in [0.2, 0.25) is 21.2 Å². The number of hydrogen-bond acceptors (Lipinski definition) is 5. The zero-order valence-corrected chi connectivity index (χ0v) is 19.1. The van der Waals surface area contributed by atoms with E-state index in [4.69, 9.17) is 16.3 Å². The van der Waals surface area contributed by atoms with Gasteiger partial charge in [0.15, 0.2) is 0 Å². The van der Waals surface area contributed by atoms with Crippen molar-refractivity contribution in [2.45, 2.75) is 16.3 Å². The lowest BCUT2D eigenvalue weighted by Gasteiger charge is -2.14. The zero-order valence-electron chi connectivity index (χ0n) is 17.5. The first-order chi connectivity index (χ1) is 15.8. The molecule has 1 amide bonds. The molecule has 0 spiro atoms. The van der Waals surface area contributed by atoms with E-state index in [1.807, 2.05) is 0 Å². The van der Waals surface area contributed by atoms with Gasteiger partial charge in [0.05, 0.1) is 17.5 Å². The van der Waals surface area contributed by atoms with Crippen molar-refractivity contribution in [1.82, 2.24) is 4.57 Å². The number of methoxy groups -OCH3 is 1. The normalized spacial score (nSPS) is 11.3. The summed E-state index contributed by atoms with van der Waals surface area (Å²) in [5.74, 6) is 0.185. The number of ether oxygens (including phenoxy) is 1. The molecule has 4 aromatic rings. The second-order valence-electron chi connectivity index (χ2n) is 7.21. The maximum Gasteiger partial charge on any atom is 0.244 e. The molecule has 0 aliphatic rings. The van der Waals surface area contributed by atoms with Crippen molar-refractivity contribution in [3.8, 4) is 5.75 Å². The molecule has 0 bridgehead atoms. The fourth-order valence-corrected chi connectivity index (χ4v) is 4.93. The molecule has 3 aromatic carbocycles. The predicted molar refractivity (Wildman–Crippen MR) is 127 cm³/mol. The number of anilines is 1. The number of amides is 1. The molecule has 0 radical (unpaired) electrons. The highest BCUT2D eigenvalue weighted by Crippen LogP contribution is 2.23. The van der Waals surface area contributed by atoms with Crippen LogP contribution >= 0.6 is 11.6 Å². The number of rotatable bonds is 6. The van der Waals surface area contributed by atoms with Crippen LogP contribution in [0.15, 0.2) is 93.6 Å². The third-order valence-corrected chi connectivity index (χ3v) is 7.05. The molecular weight excluding hydrogens is 464 g/mol. The Kier molecular flexibility index (Phi) is 6.22. The van der Waals surface area contributed by atoms with Gasteiger partial charge in [-0.05, 0) is 48.5 Å². The van der Waals surface area contributed by atoms with Gasteiger partial charge in [-0.2, -0.15) is 0 Å². The molecule has 0 saturated carbocycles. The zero-order chi connectivity index (χ0) is 23.6. The van der Waals surface area contributed by atoms with E-state index in [0.29, 0.717) is 22.0 Å². The highest BCUT2D eigenvalue weighted by Gasteiger charge is 2.24. The average molecular weight is 483 g/mol. The van der Waals surface area contributed by atoms with Gasteiger partial charge in [-0.15, -0.1) is 0 Å². The van der Waals surface area contributed by atoms with Gasteiger partial charge in [0.1, 0.15) is 17.2 Å². The molecule has 9 heteroatoms. The van der Waals surface area contributed by atoms with E-state index in [9.17, 15) is 18.0 Å². The molecule has 1 heterocycles. The molecular formula is C24H19ClN2O5S. The molecule has 168 valence electrons. The predicted octanol–water partition coefficient (Wildman–Crippen LogP) is 4.14. The highest BCUT2D eigenvalue weighted by molar-refractivity contribution is 7.91. The molecule has 0 saturated heterocycles. The van der Waals surface area contributed by atoms with Crippen molar-refractivity contribution in [3.05, 3.63) is 94.2 Å². The summed E-state index contributed by atoms with van der Waals surface area (Å²) in [5, 5.41) is 3.33. The van der Waals surface area contributed by atoms with Gasteiger partial charge in [-0.25, -0.2) is 8.42 Å². The number of nitrogens with one attached hydrogen (secondary N) is 1. The number of carbonyl (C=O) groups excluding carboxylic acids is 1. The van der Waals surface area contributed by atoms with Crippen LogP contribution in [0.4, 0.5) is 5.69 Å². The van der Waals surface area contributed by atoms with E-state index < -0.39 is 26.1 Å². The quantitative estimate of drug-likeness (QED) is 0.446. The molecule has 0 aliphatic heterocycles. The highest BCUT2D eigenvalue weighted by atomic mass is 35.5. The van der Waals surface area contributed by atoms with E-state index in [1.54, 1.807) is 42.5 Å². The maximum atomic E-state index is 13.2. The number of halogens is 1. The lowest BCUT2D eigenvalue weighted by atomic mass is 10.2. The second kappa shape index (κ2) is 9.09. The Morgan fingerprint density at radius 2 is 1.76 bits per heavy atom. The van der Waals surface area contributed by atoms with Crippen LogP contribution in [0.5, 0.6) is 5.75 Å². The van der Waals surface area contributed by atoms with Gasteiger partial charge in [-0.1, -0.05) is 29.8 Å². The molecule has 1 aromatic heterocycles. The first-order valence-electron chi connectivity index (χ1n) is 9.86. The monoisotopic (exact) mass is 482 g/mol. The Balaban J connectivity index is 1.77. The Morgan fingerprint density at radius 1 is 1.03 bits per heavy atom. The summed E-state index contributed by atoms with van der Waals surface area (Å²) in [7, 11) is -2.62. The van der Waals surface area contributed by atoms with Crippen LogP contribution in [0, 0.1) is 0 Å². The van der Waals surface area contributed by atoms with Crippen LogP contribution in [0.2, 0.25) is 5.02 Å². The van der Waals surface area contributed by atoms with Crippen LogP contribution in [0.25, 0.3) is 10.9 Å². The number of para-hydroxylation sites is 1. The first-order valence-corrected chi connectivity index (χ1v) is 11.7. The summed E-state index contributed by atoms with van der Waals surface area (Å²) >= 11 is 5.87. The number of fused-ring (bicyclic) bond motifs is 1. The maximum absolute atomic E-state index is 13.2.